The highest BCUT2D eigenvalue weighted by atomic mass is 16.4. The molecule has 4 heteroatoms. The lowest BCUT2D eigenvalue weighted by Gasteiger charge is -2.37. The molecule has 0 unspecified atom stereocenters. The summed E-state index contributed by atoms with van der Waals surface area (Å²) in [5.74, 6) is -0.763. The number of rotatable bonds is 5. The van der Waals surface area contributed by atoms with Gasteiger partial charge in [-0.15, -0.1) is 0 Å². The van der Waals surface area contributed by atoms with Gasteiger partial charge in [-0.3, -0.25) is 4.79 Å². The zero-order valence-electron chi connectivity index (χ0n) is 10.6. The molecule has 0 aromatic heterocycles. The molecule has 1 saturated carbocycles. The van der Waals surface area contributed by atoms with E-state index in [1.807, 2.05) is 0 Å². The molecule has 1 rings (SSSR count). The first-order chi connectivity index (χ1) is 7.50. The summed E-state index contributed by atoms with van der Waals surface area (Å²) in [6.07, 6.45) is 4.53. The molecule has 1 aliphatic rings. The van der Waals surface area contributed by atoms with Crippen LogP contribution in [0.5, 0.6) is 0 Å². The van der Waals surface area contributed by atoms with Gasteiger partial charge in [0.15, 0.2) is 0 Å². The van der Waals surface area contributed by atoms with Gasteiger partial charge in [-0.2, -0.15) is 0 Å². The maximum absolute atomic E-state index is 10.4. The molecule has 0 amide bonds. The van der Waals surface area contributed by atoms with Crippen molar-refractivity contribution in [3.05, 3.63) is 0 Å². The molecule has 4 nitrogen and oxygen atoms in total. The Kier molecular flexibility index (Phi) is 5.22. The Morgan fingerprint density at radius 2 is 1.94 bits per heavy atom. The molecule has 0 heterocycles. The first-order valence-corrected chi connectivity index (χ1v) is 6.17. The van der Waals surface area contributed by atoms with Crippen molar-refractivity contribution in [2.45, 2.75) is 57.7 Å². The highest BCUT2D eigenvalue weighted by Crippen LogP contribution is 2.23. The molecular weight excluding hydrogens is 204 g/mol. The van der Waals surface area contributed by atoms with Gasteiger partial charge in [0, 0.05) is 18.1 Å². The normalized spacial score (nSPS) is 26.3. The van der Waals surface area contributed by atoms with E-state index in [4.69, 9.17) is 5.11 Å². The van der Waals surface area contributed by atoms with Crippen LogP contribution in [0.15, 0.2) is 0 Å². The first kappa shape index (κ1) is 13.5. The van der Waals surface area contributed by atoms with Crippen LogP contribution >= 0.6 is 0 Å². The molecule has 0 aliphatic heterocycles. The second-order valence-corrected chi connectivity index (χ2v) is 5.04. The van der Waals surface area contributed by atoms with Crippen molar-refractivity contribution in [1.29, 1.82) is 0 Å². The molecule has 0 spiro atoms. The van der Waals surface area contributed by atoms with Crippen LogP contribution in [0.4, 0.5) is 0 Å². The van der Waals surface area contributed by atoms with Crippen molar-refractivity contribution in [2.75, 3.05) is 13.6 Å². The van der Waals surface area contributed by atoms with Gasteiger partial charge in [-0.05, 0) is 46.6 Å². The minimum atomic E-state index is -0.763. The Bertz CT molecular complexity index is 223. The number of nitrogens with one attached hydrogen (secondary N) is 1. The van der Waals surface area contributed by atoms with E-state index in [2.05, 4.69) is 31.1 Å². The third-order valence-corrected chi connectivity index (χ3v) is 3.63. The van der Waals surface area contributed by atoms with E-state index in [-0.39, 0.29) is 6.54 Å². The summed E-state index contributed by atoms with van der Waals surface area (Å²) < 4.78 is 0. The van der Waals surface area contributed by atoms with Crippen LogP contribution in [0.1, 0.15) is 39.5 Å². The van der Waals surface area contributed by atoms with Crippen molar-refractivity contribution in [1.82, 2.24) is 10.2 Å². The Hall–Kier alpha value is -0.610. The summed E-state index contributed by atoms with van der Waals surface area (Å²) >= 11 is 0. The monoisotopic (exact) mass is 228 g/mol. The van der Waals surface area contributed by atoms with E-state index < -0.39 is 5.97 Å². The highest BCUT2D eigenvalue weighted by molar-refractivity contribution is 5.69. The van der Waals surface area contributed by atoms with Crippen LogP contribution in [0, 0.1) is 0 Å². The number of carbonyl (C=O) groups is 1. The van der Waals surface area contributed by atoms with Gasteiger partial charge in [0.25, 0.3) is 0 Å². The predicted octanol–water partition coefficient (Wildman–Crippen LogP) is 1.31. The van der Waals surface area contributed by atoms with Crippen LogP contribution in [-0.2, 0) is 4.79 Å². The third kappa shape index (κ3) is 4.10. The van der Waals surface area contributed by atoms with Crippen LogP contribution in [-0.4, -0.2) is 47.7 Å². The fourth-order valence-corrected chi connectivity index (χ4v) is 2.34. The molecule has 1 fully saturated rings. The van der Waals surface area contributed by atoms with Gasteiger partial charge in [0.05, 0.1) is 6.54 Å². The quantitative estimate of drug-likeness (QED) is 0.745. The summed E-state index contributed by atoms with van der Waals surface area (Å²) in [5, 5.41) is 11.7. The van der Waals surface area contributed by atoms with Crippen molar-refractivity contribution in [2.24, 2.45) is 0 Å². The maximum Gasteiger partial charge on any atom is 0.317 e. The summed E-state index contributed by atoms with van der Waals surface area (Å²) in [4.78, 5) is 12.9. The Morgan fingerprint density at radius 3 is 2.38 bits per heavy atom. The number of aliphatic carboxylic acids is 1. The maximum atomic E-state index is 10.4. The zero-order chi connectivity index (χ0) is 12.1. The first-order valence-electron chi connectivity index (χ1n) is 6.17. The number of hydrogen-bond acceptors (Lipinski definition) is 3. The lowest BCUT2D eigenvalue weighted by Crippen LogP contribution is -2.44. The molecule has 0 atom stereocenters. The van der Waals surface area contributed by atoms with Gasteiger partial charge in [0.1, 0.15) is 0 Å². The fourth-order valence-electron chi connectivity index (χ4n) is 2.34. The minimum Gasteiger partial charge on any atom is -0.480 e. The number of carboxylic acids is 1. The molecule has 94 valence electrons. The largest absolute Gasteiger partial charge is 0.480 e. The summed E-state index contributed by atoms with van der Waals surface area (Å²) in [6.45, 7) is 4.53. The average Bonchev–Trinajstić information content (AvgIpc) is 2.26. The van der Waals surface area contributed by atoms with Gasteiger partial charge in [-0.1, -0.05) is 0 Å². The van der Waals surface area contributed by atoms with E-state index >= 15 is 0 Å². The van der Waals surface area contributed by atoms with Crippen LogP contribution < -0.4 is 5.32 Å². The van der Waals surface area contributed by atoms with Crippen molar-refractivity contribution in [3.63, 3.8) is 0 Å². The van der Waals surface area contributed by atoms with Crippen LogP contribution in [0.2, 0.25) is 0 Å². The topological polar surface area (TPSA) is 52.6 Å². The second kappa shape index (κ2) is 6.21. The van der Waals surface area contributed by atoms with Gasteiger partial charge < -0.3 is 15.3 Å². The molecule has 0 radical (unpaired) electrons. The zero-order valence-corrected chi connectivity index (χ0v) is 10.6. The van der Waals surface area contributed by atoms with E-state index in [0.29, 0.717) is 18.1 Å². The van der Waals surface area contributed by atoms with Gasteiger partial charge in [-0.25, -0.2) is 0 Å². The molecule has 0 bridgehead atoms. The Labute approximate surface area is 98.0 Å². The third-order valence-electron chi connectivity index (χ3n) is 3.63. The molecule has 16 heavy (non-hydrogen) atoms. The van der Waals surface area contributed by atoms with Crippen molar-refractivity contribution in [3.8, 4) is 0 Å². The number of carboxylic acid groups (broad SMARTS) is 1. The minimum absolute atomic E-state index is 0.0926. The summed E-state index contributed by atoms with van der Waals surface area (Å²) in [6, 6.07) is 1.66. The molecule has 0 aromatic rings. The Balaban J connectivity index is 2.25. The molecule has 1 aliphatic carbocycles. The van der Waals surface area contributed by atoms with E-state index in [1.54, 1.807) is 0 Å². The van der Waals surface area contributed by atoms with Crippen molar-refractivity contribution < 1.29 is 9.90 Å². The standard InChI is InChI=1S/C12H24N2O2/c1-9(2)14(3)11-6-4-10(5-7-11)13-8-12(15)16/h9-11,13H,4-8H2,1-3H3,(H,15,16). The predicted molar refractivity (Wildman–Crippen MR) is 64.6 cm³/mol. The van der Waals surface area contributed by atoms with Crippen LogP contribution in [0.3, 0.4) is 0 Å². The molecule has 0 aromatic carbocycles. The Morgan fingerprint density at radius 1 is 1.38 bits per heavy atom. The average molecular weight is 228 g/mol. The van der Waals surface area contributed by atoms with Crippen molar-refractivity contribution >= 4 is 5.97 Å². The fraction of sp³-hybridized carbons (Fsp3) is 0.917. The SMILES string of the molecule is CC(C)N(C)C1CCC(NCC(=O)O)CC1. The van der Waals surface area contributed by atoms with Gasteiger partial charge in [0.2, 0.25) is 0 Å². The number of hydrogen-bond donors (Lipinski definition) is 2. The summed E-state index contributed by atoms with van der Waals surface area (Å²) in [7, 11) is 2.18. The van der Waals surface area contributed by atoms with E-state index in [9.17, 15) is 4.79 Å². The van der Waals surface area contributed by atoms with E-state index in [1.165, 1.54) is 12.8 Å². The smallest absolute Gasteiger partial charge is 0.317 e. The lowest BCUT2D eigenvalue weighted by molar-refractivity contribution is -0.136. The molecule has 2 N–H and O–H groups in total. The molecular formula is C12H24N2O2. The van der Waals surface area contributed by atoms with Crippen LogP contribution in [0.25, 0.3) is 0 Å². The number of nitrogens with zero attached hydrogens (tertiary/aromatic N) is 1. The summed E-state index contributed by atoms with van der Waals surface area (Å²) in [5.41, 5.74) is 0. The van der Waals surface area contributed by atoms with E-state index in [0.717, 1.165) is 12.8 Å². The molecule has 0 saturated heterocycles. The second-order valence-electron chi connectivity index (χ2n) is 5.04. The lowest BCUT2D eigenvalue weighted by atomic mass is 9.90. The van der Waals surface area contributed by atoms with Gasteiger partial charge >= 0.3 is 5.97 Å². The highest BCUT2D eigenvalue weighted by Gasteiger charge is 2.24.